The number of nitrogens with one attached hydrogen (secondary N) is 2. The number of aromatic amines is 1. The molecule has 0 spiro atoms. The lowest BCUT2D eigenvalue weighted by molar-refractivity contribution is -0.120. The molecule has 172 valence electrons. The van der Waals surface area contributed by atoms with Gasteiger partial charge in [0.25, 0.3) is 5.56 Å². The Labute approximate surface area is 193 Å². The summed E-state index contributed by atoms with van der Waals surface area (Å²) in [4.78, 5) is 30.1. The molecule has 0 radical (unpaired) electrons. The lowest BCUT2D eigenvalue weighted by Crippen LogP contribution is -2.44. The van der Waals surface area contributed by atoms with Crippen LogP contribution in [0.25, 0.3) is 22.0 Å². The highest BCUT2D eigenvalue weighted by Crippen LogP contribution is 2.34. The number of piperazine rings is 1. The Morgan fingerprint density at radius 3 is 2.48 bits per heavy atom. The van der Waals surface area contributed by atoms with Crippen LogP contribution in [0, 0.1) is 5.92 Å². The van der Waals surface area contributed by atoms with Crippen molar-refractivity contribution in [2.24, 2.45) is 5.92 Å². The van der Waals surface area contributed by atoms with Gasteiger partial charge >= 0.3 is 0 Å². The maximum atomic E-state index is 13.2. The molecule has 0 atom stereocenters. The summed E-state index contributed by atoms with van der Waals surface area (Å²) in [7, 11) is 2.14. The Morgan fingerprint density at radius 1 is 1.00 bits per heavy atom. The SMILES string of the molecule is CN1CCN(c2ccc(-c3n[nH]c(=O)c4ccccc34)cc2NC(=O)C2CCCCC2)CC1. The predicted octanol–water partition coefficient (Wildman–Crippen LogP) is 3.86. The maximum Gasteiger partial charge on any atom is 0.272 e. The van der Waals surface area contributed by atoms with E-state index < -0.39 is 0 Å². The maximum absolute atomic E-state index is 13.2. The first-order valence-electron chi connectivity index (χ1n) is 12.0. The zero-order chi connectivity index (χ0) is 22.8. The molecule has 7 nitrogen and oxygen atoms in total. The number of amides is 1. The Morgan fingerprint density at radius 2 is 1.73 bits per heavy atom. The molecule has 2 N–H and O–H groups in total. The van der Waals surface area contributed by atoms with E-state index >= 15 is 0 Å². The second-order valence-electron chi connectivity index (χ2n) is 9.29. The third-order valence-corrected chi connectivity index (χ3v) is 7.04. The van der Waals surface area contributed by atoms with E-state index in [0.717, 1.165) is 74.2 Å². The number of H-pyrrole nitrogens is 1. The van der Waals surface area contributed by atoms with E-state index in [1.807, 2.05) is 36.4 Å². The highest BCUT2D eigenvalue weighted by atomic mass is 16.2. The van der Waals surface area contributed by atoms with Crippen molar-refractivity contribution in [2.45, 2.75) is 32.1 Å². The van der Waals surface area contributed by atoms with Crippen molar-refractivity contribution >= 4 is 28.1 Å². The van der Waals surface area contributed by atoms with Gasteiger partial charge in [0.1, 0.15) is 0 Å². The number of carbonyl (C=O) groups excluding carboxylic acids is 1. The van der Waals surface area contributed by atoms with Gasteiger partial charge in [-0.15, -0.1) is 0 Å². The van der Waals surface area contributed by atoms with Crippen LogP contribution in [0.2, 0.25) is 0 Å². The summed E-state index contributed by atoms with van der Waals surface area (Å²) >= 11 is 0. The molecule has 2 heterocycles. The number of likely N-dealkylation sites (N-methyl/N-ethyl adjacent to an activating group) is 1. The molecule has 1 saturated heterocycles. The summed E-state index contributed by atoms with van der Waals surface area (Å²) in [6.45, 7) is 3.82. The molecule has 0 unspecified atom stereocenters. The monoisotopic (exact) mass is 445 g/mol. The van der Waals surface area contributed by atoms with Crippen LogP contribution >= 0.6 is 0 Å². The van der Waals surface area contributed by atoms with E-state index in [-0.39, 0.29) is 17.4 Å². The molecule has 2 aliphatic rings. The van der Waals surface area contributed by atoms with Crippen LogP contribution in [-0.2, 0) is 4.79 Å². The molecule has 1 amide bonds. The summed E-state index contributed by atoms with van der Waals surface area (Å²) in [5.41, 5.74) is 3.26. The number of carbonyl (C=O) groups is 1. The summed E-state index contributed by atoms with van der Waals surface area (Å²) in [6, 6.07) is 13.6. The highest BCUT2D eigenvalue weighted by Gasteiger charge is 2.24. The van der Waals surface area contributed by atoms with Crippen LogP contribution in [0.4, 0.5) is 11.4 Å². The van der Waals surface area contributed by atoms with Gasteiger partial charge in [0.2, 0.25) is 5.91 Å². The average Bonchev–Trinajstić information content (AvgIpc) is 2.86. The Bertz CT molecular complexity index is 1210. The largest absolute Gasteiger partial charge is 0.367 e. The smallest absolute Gasteiger partial charge is 0.272 e. The van der Waals surface area contributed by atoms with Crippen LogP contribution in [0.1, 0.15) is 32.1 Å². The molecule has 2 fully saturated rings. The van der Waals surface area contributed by atoms with Crippen LogP contribution in [0.5, 0.6) is 0 Å². The van der Waals surface area contributed by atoms with E-state index in [1.165, 1.54) is 6.42 Å². The van der Waals surface area contributed by atoms with Crippen molar-refractivity contribution < 1.29 is 4.79 Å². The number of benzene rings is 2. The Kier molecular flexibility index (Phi) is 6.13. The fourth-order valence-electron chi connectivity index (χ4n) is 5.04. The molecule has 1 saturated carbocycles. The number of hydrogen-bond donors (Lipinski definition) is 2. The quantitative estimate of drug-likeness (QED) is 0.637. The first kappa shape index (κ1) is 21.6. The molecular formula is C26H31N5O2. The topological polar surface area (TPSA) is 81.3 Å². The minimum Gasteiger partial charge on any atom is -0.367 e. The normalized spacial score (nSPS) is 17.9. The molecule has 1 aromatic heterocycles. The van der Waals surface area contributed by atoms with Gasteiger partial charge in [0.05, 0.1) is 22.5 Å². The van der Waals surface area contributed by atoms with Gasteiger partial charge in [-0.2, -0.15) is 5.10 Å². The number of aromatic nitrogens is 2. The van der Waals surface area contributed by atoms with Crippen molar-refractivity contribution in [3.8, 4) is 11.3 Å². The van der Waals surface area contributed by atoms with Gasteiger partial charge in [-0.3, -0.25) is 9.59 Å². The van der Waals surface area contributed by atoms with E-state index in [4.69, 9.17) is 0 Å². The Hall–Kier alpha value is -3.19. The molecule has 5 rings (SSSR count). The second kappa shape index (κ2) is 9.35. The van der Waals surface area contributed by atoms with Crippen LogP contribution in [0.15, 0.2) is 47.3 Å². The third-order valence-electron chi connectivity index (χ3n) is 7.04. The predicted molar refractivity (Wildman–Crippen MR) is 133 cm³/mol. The molecule has 7 heteroatoms. The molecule has 2 aromatic carbocycles. The summed E-state index contributed by atoms with van der Waals surface area (Å²) < 4.78 is 0. The minimum atomic E-state index is -0.200. The van der Waals surface area contributed by atoms with E-state index in [2.05, 4.69) is 38.4 Å². The number of hydrogen-bond acceptors (Lipinski definition) is 5. The van der Waals surface area contributed by atoms with Crippen molar-refractivity contribution in [1.82, 2.24) is 15.1 Å². The fraction of sp³-hybridized carbons (Fsp3) is 0.423. The van der Waals surface area contributed by atoms with Gasteiger partial charge in [-0.25, -0.2) is 5.10 Å². The second-order valence-corrected chi connectivity index (χ2v) is 9.29. The Balaban J connectivity index is 1.54. The molecule has 3 aromatic rings. The third kappa shape index (κ3) is 4.50. The lowest BCUT2D eigenvalue weighted by Gasteiger charge is -2.35. The van der Waals surface area contributed by atoms with Gasteiger partial charge < -0.3 is 15.1 Å². The van der Waals surface area contributed by atoms with Gasteiger partial charge in [-0.05, 0) is 38.1 Å². The molecule has 33 heavy (non-hydrogen) atoms. The van der Waals surface area contributed by atoms with Crippen molar-refractivity contribution in [3.63, 3.8) is 0 Å². The van der Waals surface area contributed by atoms with E-state index in [9.17, 15) is 9.59 Å². The van der Waals surface area contributed by atoms with E-state index in [0.29, 0.717) is 11.1 Å². The standard InChI is InChI=1S/C26H31N5O2/c1-30-13-15-31(16-14-30)23-12-11-19(17-22(23)27-25(32)18-7-3-2-4-8-18)24-20-9-5-6-10-21(20)26(33)29-28-24/h5-6,9-12,17-18H,2-4,7-8,13-16H2,1H3,(H,27,32)(H,29,33). The first-order chi connectivity index (χ1) is 16.1. The molecule has 1 aliphatic heterocycles. The zero-order valence-corrected chi connectivity index (χ0v) is 19.1. The highest BCUT2D eigenvalue weighted by molar-refractivity contribution is 5.99. The summed E-state index contributed by atoms with van der Waals surface area (Å²) in [5.74, 6) is 0.191. The zero-order valence-electron chi connectivity index (χ0n) is 19.1. The molecule has 1 aliphatic carbocycles. The summed E-state index contributed by atoms with van der Waals surface area (Å²) in [5, 5.41) is 11.7. The van der Waals surface area contributed by atoms with Gasteiger partial charge in [0.15, 0.2) is 0 Å². The van der Waals surface area contributed by atoms with Crippen molar-refractivity contribution in [3.05, 3.63) is 52.8 Å². The van der Waals surface area contributed by atoms with Gasteiger partial charge in [0, 0.05) is 43.0 Å². The molecular weight excluding hydrogens is 414 g/mol. The van der Waals surface area contributed by atoms with Crippen molar-refractivity contribution in [1.29, 1.82) is 0 Å². The molecule has 0 bridgehead atoms. The lowest BCUT2D eigenvalue weighted by atomic mass is 9.88. The summed E-state index contributed by atoms with van der Waals surface area (Å²) in [6.07, 6.45) is 5.38. The van der Waals surface area contributed by atoms with Crippen LogP contribution in [0.3, 0.4) is 0 Å². The first-order valence-corrected chi connectivity index (χ1v) is 12.0. The number of anilines is 2. The van der Waals surface area contributed by atoms with E-state index in [1.54, 1.807) is 0 Å². The van der Waals surface area contributed by atoms with Gasteiger partial charge in [-0.1, -0.05) is 43.5 Å². The fourth-order valence-corrected chi connectivity index (χ4v) is 5.04. The number of rotatable bonds is 4. The average molecular weight is 446 g/mol. The number of fused-ring (bicyclic) bond motifs is 1. The van der Waals surface area contributed by atoms with Crippen LogP contribution < -0.4 is 15.8 Å². The van der Waals surface area contributed by atoms with Crippen LogP contribution in [-0.4, -0.2) is 54.2 Å². The number of nitrogens with zero attached hydrogens (tertiary/aromatic N) is 3. The van der Waals surface area contributed by atoms with Crippen molar-refractivity contribution in [2.75, 3.05) is 43.4 Å². The minimum absolute atomic E-state index is 0.0785.